The van der Waals surface area contributed by atoms with Gasteiger partial charge in [0.25, 0.3) is 0 Å². The predicted molar refractivity (Wildman–Crippen MR) is 77.5 cm³/mol. The van der Waals surface area contributed by atoms with Crippen LogP contribution in [0, 0.1) is 18.3 Å². The van der Waals surface area contributed by atoms with Crippen LogP contribution in [0.25, 0.3) is 0 Å². The fourth-order valence-corrected chi connectivity index (χ4v) is 2.82. The number of carbonyl (C=O) groups is 1. The van der Waals surface area contributed by atoms with Crippen molar-refractivity contribution in [3.05, 3.63) is 18.1 Å². The number of carbonyl (C=O) groups excluding carboxylic acids is 1. The van der Waals surface area contributed by atoms with Crippen LogP contribution in [0.4, 0.5) is 5.82 Å². The van der Waals surface area contributed by atoms with E-state index >= 15 is 0 Å². The third kappa shape index (κ3) is 2.92. The van der Waals surface area contributed by atoms with Crippen molar-refractivity contribution in [1.82, 2.24) is 9.97 Å². The Hall–Kier alpha value is -1.65. The molecule has 5 nitrogen and oxygen atoms in total. The summed E-state index contributed by atoms with van der Waals surface area (Å²) >= 11 is 0. The Morgan fingerprint density at radius 1 is 1.45 bits per heavy atom. The van der Waals surface area contributed by atoms with E-state index in [-0.39, 0.29) is 11.9 Å². The Kier molecular flexibility index (Phi) is 4.26. The van der Waals surface area contributed by atoms with Crippen molar-refractivity contribution >= 4 is 11.8 Å². The molecule has 0 radical (unpaired) electrons. The summed E-state index contributed by atoms with van der Waals surface area (Å²) < 4.78 is 4.95. The molecule has 110 valence electrons. The maximum absolute atomic E-state index is 12.0. The number of anilines is 1. The zero-order valence-corrected chi connectivity index (χ0v) is 12.7. The van der Waals surface area contributed by atoms with Gasteiger partial charge in [0.05, 0.1) is 12.5 Å². The maximum Gasteiger partial charge on any atom is 0.311 e. The number of methoxy groups -OCH3 is 1. The predicted octanol–water partition coefficient (Wildman–Crippen LogP) is 2.20. The second-order valence-corrected chi connectivity index (χ2v) is 6.02. The van der Waals surface area contributed by atoms with Crippen molar-refractivity contribution in [2.24, 2.45) is 11.3 Å². The van der Waals surface area contributed by atoms with Gasteiger partial charge in [-0.25, -0.2) is 9.97 Å². The highest BCUT2D eigenvalue weighted by Crippen LogP contribution is 2.36. The van der Waals surface area contributed by atoms with Gasteiger partial charge in [-0.3, -0.25) is 4.79 Å². The molecule has 0 aliphatic carbocycles. The molecule has 1 saturated heterocycles. The minimum Gasteiger partial charge on any atom is -0.469 e. The fourth-order valence-electron chi connectivity index (χ4n) is 2.82. The summed E-state index contributed by atoms with van der Waals surface area (Å²) in [7, 11) is 1.46. The third-order valence-electron chi connectivity index (χ3n) is 4.27. The molecule has 0 bridgehead atoms. The van der Waals surface area contributed by atoms with E-state index in [0.717, 1.165) is 37.4 Å². The van der Waals surface area contributed by atoms with Crippen LogP contribution in [0.1, 0.15) is 32.4 Å². The van der Waals surface area contributed by atoms with Crippen LogP contribution in [0.5, 0.6) is 0 Å². The van der Waals surface area contributed by atoms with Gasteiger partial charge >= 0.3 is 5.97 Å². The van der Waals surface area contributed by atoms with Crippen LogP contribution < -0.4 is 4.90 Å². The molecule has 1 aliphatic rings. The number of esters is 1. The lowest BCUT2D eigenvalue weighted by Crippen LogP contribution is -2.45. The van der Waals surface area contributed by atoms with Gasteiger partial charge in [-0.2, -0.15) is 0 Å². The standard InChI is InChI=1S/C15H23N3O2/c1-11-8-13(17-10-16-11)18-7-5-6-12(9-18)15(2,3)14(19)20-4/h8,10,12H,5-7,9H2,1-4H3. The number of hydrogen-bond acceptors (Lipinski definition) is 5. The van der Waals surface area contributed by atoms with Crippen molar-refractivity contribution in [3.63, 3.8) is 0 Å². The third-order valence-corrected chi connectivity index (χ3v) is 4.27. The number of nitrogens with zero attached hydrogens (tertiary/aromatic N) is 3. The van der Waals surface area contributed by atoms with Gasteiger partial charge in [-0.15, -0.1) is 0 Å². The molecular formula is C15H23N3O2. The minimum absolute atomic E-state index is 0.136. The highest BCUT2D eigenvalue weighted by molar-refractivity contribution is 5.76. The maximum atomic E-state index is 12.0. The van der Waals surface area contributed by atoms with E-state index in [1.165, 1.54) is 7.11 Å². The first-order valence-corrected chi connectivity index (χ1v) is 7.07. The number of aromatic nitrogens is 2. The highest BCUT2D eigenvalue weighted by atomic mass is 16.5. The van der Waals surface area contributed by atoms with Gasteiger partial charge in [0.1, 0.15) is 12.1 Å². The minimum atomic E-state index is -0.463. The molecule has 0 spiro atoms. The smallest absolute Gasteiger partial charge is 0.311 e. The number of ether oxygens (including phenoxy) is 1. The molecule has 1 unspecified atom stereocenters. The van der Waals surface area contributed by atoms with Crippen molar-refractivity contribution < 1.29 is 9.53 Å². The first-order chi connectivity index (χ1) is 9.45. The molecule has 0 amide bonds. The van der Waals surface area contributed by atoms with Crippen molar-refractivity contribution in [1.29, 1.82) is 0 Å². The van der Waals surface area contributed by atoms with E-state index in [4.69, 9.17) is 4.74 Å². The Morgan fingerprint density at radius 2 is 2.20 bits per heavy atom. The molecule has 0 aromatic carbocycles. The average Bonchev–Trinajstić information content (AvgIpc) is 2.46. The van der Waals surface area contributed by atoms with E-state index in [9.17, 15) is 4.79 Å². The molecule has 2 rings (SSSR count). The molecule has 0 N–H and O–H groups in total. The Morgan fingerprint density at radius 3 is 2.85 bits per heavy atom. The van der Waals surface area contributed by atoms with Gasteiger partial charge in [-0.1, -0.05) is 0 Å². The quantitative estimate of drug-likeness (QED) is 0.793. The number of rotatable bonds is 3. The molecule has 0 saturated carbocycles. The van der Waals surface area contributed by atoms with E-state index in [1.54, 1.807) is 6.33 Å². The summed E-state index contributed by atoms with van der Waals surface area (Å²) in [6, 6.07) is 1.99. The lowest BCUT2D eigenvalue weighted by Gasteiger charge is -2.40. The number of piperidine rings is 1. The fraction of sp³-hybridized carbons (Fsp3) is 0.667. The SMILES string of the molecule is COC(=O)C(C)(C)C1CCCN(c2cc(C)ncn2)C1. The van der Waals surface area contributed by atoms with Crippen LogP contribution in [0.2, 0.25) is 0 Å². The van der Waals surface area contributed by atoms with Gasteiger partial charge in [0.15, 0.2) is 0 Å². The van der Waals surface area contributed by atoms with E-state index in [0.29, 0.717) is 0 Å². The van der Waals surface area contributed by atoms with Gasteiger partial charge < -0.3 is 9.64 Å². The molecule has 5 heteroatoms. The normalized spacial score (nSPS) is 19.8. The highest BCUT2D eigenvalue weighted by Gasteiger charge is 2.40. The molecule has 1 aliphatic heterocycles. The summed E-state index contributed by atoms with van der Waals surface area (Å²) in [6.45, 7) is 7.71. The van der Waals surface area contributed by atoms with Gasteiger partial charge in [0.2, 0.25) is 0 Å². The number of hydrogen-bond donors (Lipinski definition) is 0. The zero-order chi connectivity index (χ0) is 14.8. The first-order valence-electron chi connectivity index (χ1n) is 7.07. The Bertz CT molecular complexity index is 488. The summed E-state index contributed by atoms with van der Waals surface area (Å²) in [4.78, 5) is 22.7. The lowest BCUT2D eigenvalue weighted by atomic mass is 9.74. The average molecular weight is 277 g/mol. The van der Waals surface area contributed by atoms with Crippen LogP contribution in [-0.2, 0) is 9.53 Å². The molecule has 1 aromatic rings. The first kappa shape index (κ1) is 14.8. The largest absolute Gasteiger partial charge is 0.469 e. The molecule has 2 heterocycles. The molecule has 1 aromatic heterocycles. The second-order valence-electron chi connectivity index (χ2n) is 6.02. The summed E-state index contributed by atoms with van der Waals surface area (Å²) in [6.07, 6.45) is 3.70. The summed E-state index contributed by atoms with van der Waals surface area (Å²) in [5, 5.41) is 0. The monoisotopic (exact) mass is 277 g/mol. The van der Waals surface area contributed by atoms with Gasteiger partial charge in [-0.05, 0) is 39.5 Å². The molecule has 20 heavy (non-hydrogen) atoms. The van der Waals surface area contributed by atoms with Crippen LogP contribution in [0.15, 0.2) is 12.4 Å². The molecule has 1 fully saturated rings. The molecular weight excluding hydrogens is 254 g/mol. The van der Waals surface area contributed by atoms with Crippen molar-refractivity contribution in [2.75, 3.05) is 25.1 Å². The number of aryl methyl sites for hydroxylation is 1. The zero-order valence-electron chi connectivity index (χ0n) is 12.7. The van der Waals surface area contributed by atoms with Crippen LogP contribution in [-0.4, -0.2) is 36.1 Å². The topological polar surface area (TPSA) is 55.3 Å². The van der Waals surface area contributed by atoms with E-state index in [1.807, 2.05) is 26.8 Å². The summed E-state index contributed by atoms with van der Waals surface area (Å²) in [5.74, 6) is 1.09. The Balaban J connectivity index is 2.15. The lowest BCUT2D eigenvalue weighted by molar-refractivity contribution is -0.154. The van der Waals surface area contributed by atoms with Crippen LogP contribution >= 0.6 is 0 Å². The van der Waals surface area contributed by atoms with Crippen LogP contribution in [0.3, 0.4) is 0 Å². The van der Waals surface area contributed by atoms with Crippen molar-refractivity contribution in [3.8, 4) is 0 Å². The summed E-state index contributed by atoms with van der Waals surface area (Å²) in [5.41, 5.74) is 0.500. The second kappa shape index (κ2) is 5.77. The van der Waals surface area contributed by atoms with E-state index in [2.05, 4.69) is 14.9 Å². The van der Waals surface area contributed by atoms with Crippen molar-refractivity contribution in [2.45, 2.75) is 33.6 Å². The van der Waals surface area contributed by atoms with Gasteiger partial charge in [0, 0.05) is 24.8 Å². The molecule has 1 atom stereocenters. The Labute approximate surface area is 120 Å². The van der Waals surface area contributed by atoms with E-state index < -0.39 is 5.41 Å².